The van der Waals surface area contributed by atoms with Crippen molar-refractivity contribution in [3.05, 3.63) is 69.5 Å². The van der Waals surface area contributed by atoms with Gasteiger partial charge in [-0.25, -0.2) is 4.98 Å². The summed E-state index contributed by atoms with van der Waals surface area (Å²) in [6, 6.07) is 15.1. The number of rotatable bonds is 6. The molecule has 1 fully saturated rings. The zero-order chi connectivity index (χ0) is 20.9. The molecular formula is C23H24ClN3O2S. The lowest BCUT2D eigenvalue weighted by Gasteiger charge is -2.22. The van der Waals surface area contributed by atoms with Crippen molar-refractivity contribution in [2.45, 2.75) is 49.8 Å². The van der Waals surface area contributed by atoms with Crippen LogP contribution in [-0.2, 0) is 11.3 Å². The zero-order valence-corrected chi connectivity index (χ0v) is 18.2. The molecule has 1 aliphatic rings. The Balaban J connectivity index is 1.60. The van der Waals surface area contributed by atoms with Crippen LogP contribution in [0.25, 0.3) is 10.9 Å². The Morgan fingerprint density at radius 2 is 1.90 bits per heavy atom. The van der Waals surface area contributed by atoms with Gasteiger partial charge in [0.2, 0.25) is 5.91 Å². The molecule has 0 saturated heterocycles. The minimum atomic E-state index is -0.129. The van der Waals surface area contributed by atoms with Gasteiger partial charge in [0.05, 0.1) is 23.2 Å². The third-order valence-electron chi connectivity index (χ3n) is 5.37. The van der Waals surface area contributed by atoms with Crippen molar-refractivity contribution in [2.75, 3.05) is 5.75 Å². The molecule has 4 rings (SSSR count). The minimum absolute atomic E-state index is 0.0152. The Hall–Kier alpha value is -2.31. The summed E-state index contributed by atoms with van der Waals surface area (Å²) in [5.41, 5.74) is 1.42. The van der Waals surface area contributed by atoms with E-state index in [1.165, 1.54) is 31.0 Å². The first-order valence-electron chi connectivity index (χ1n) is 10.3. The highest BCUT2D eigenvalue weighted by molar-refractivity contribution is 7.99. The van der Waals surface area contributed by atoms with Crippen LogP contribution >= 0.6 is 23.4 Å². The number of aromatic nitrogens is 2. The topological polar surface area (TPSA) is 64.0 Å². The number of thioether (sulfide) groups is 1. The second-order valence-corrected chi connectivity index (χ2v) is 9.00. The molecule has 156 valence electrons. The van der Waals surface area contributed by atoms with Crippen LogP contribution in [0.15, 0.2) is 58.5 Å². The largest absolute Gasteiger partial charge is 0.353 e. The van der Waals surface area contributed by atoms with Gasteiger partial charge in [-0.2, -0.15) is 0 Å². The summed E-state index contributed by atoms with van der Waals surface area (Å²) >= 11 is 7.40. The molecule has 0 aliphatic heterocycles. The van der Waals surface area contributed by atoms with Crippen molar-refractivity contribution in [2.24, 2.45) is 0 Å². The summed E-state index contributed by atoms with van der Waals surface area (Å²) in [4.78, 5) is 30.4. The van der Waals surface area contributed by atoms with Gasteiger partial charge in [0.25, 0.3) is 5.56 Å². The van der Waals surface area contributed by atoms with Crippen molar-refractivity contribution in [3.63, 3.8) is 0 Å². The maximum atomic E-state index is 13.2. The van der Waals surface area contributed by atoms with Crippen LogP contribution in [0.4, 0.5) is 0 Å². The summed E-state index contributed by atoms with van der Waals surface area (Å²) in [6.45, 7) is 0.401. The van der Waals surface area contributed by atoms with Crippen LogP contribution < -0.4 is 10.9 Å². The molecule has 1 N–H and O–H groups in total. The van der Waals surface area contributed by atoms with E-state index in [1.807, 2.05) is 30.3 Å². The SMILES string of the molecule is O=C(CSc1nc2cc(Cl)ccc2c(=O)n1Cc1ccccc1)NC1CCCCC1. The number of nitrogens with zero attached hydrogens (tertiary/aromatic N) is 2. The van der Waals surface area contributed by atoms with Gasteiger partial charge in [0, 0.05) is 11.1 Å². The van der Waals surface area contributed by atoms with E-state index >= 15 is 0 Å². The fourth-order valence-electron chi connectivity index (χ4n) is 3.84. The maximum absolute atomic E-state index is 13.2. The first-order chi connectivity index (χ1) is 14.6. The van der Waals surface area contributed by atoms with Crippen LogP contribution in [-0.4, -0.2) is 27.3 Å². The molecule has 30 heavy (non-hydrogen) atoms. The van der Waals surface area contributed by atoms with Gasteiger partial charge >= 0.3 is 0 Å². The lowest BCUT2D eigenvalue weighted by molar-refractivity contribution is -0.119. The van der Waals surface area contributed by atoms with Gasteiger partial charge in [-0.1, -0.05) is 73.0 Å². The second-order valence-electron chi connectivity index (χ2n) is 7.62. The smallest absolute Gasteiger partial charge is 0.262 e. The number of hydrogen-bond acceptors (Lipinski definition) is 4. The molecule has 1 aromatic heterocycles. The van der Waals surface area contributed by atoms with Gasteiger partial charge in [-0.05, 0) is 36.6 Å². The minimum Gasteiger partial charge on any atom is -0.353 e. The van der Waals surface area contributed by atoms with Crippen molar-refractivity contribution in [1.82, 2.24) is 14.9 Å². The number of nitrogens with one attached hydrogen (secondary N) is 1. The Morgan fingerprint density at radius 1 is 1.13 bits per heavy atom. The van der Waals surface area contributed by atoms with E-state index in [1.54, 1.807) is 22.8 Å². The Kier molecular flexibility index (Phi) is 6.75. The Labute approximate surface area is 184 Å². The van der Waals surface area contributed by atoms with Gasteiger partial charge in [0.1, 0.15) is 0 Å². The molecule has 1 saturated carbocycles. The summed E-state index contributed by atoms with van der Waals surface area (Å²) in [7, 11) is 0. The van der Waals surface area contributed by atoms with Crippen molar-refractivity contribution in [3.8, 4) is 0 Å². The lowest BCUT2D eigenvalue weighted by atomic mass is 9.95. The number of fused-ring (bicyclic) bond motifs is 1. The van der Waals surface area contributed by atoms with E-state index in [0.717, 1.165) is 18.4 Å². The first-order valence-corrected chi connectivity index (χ1v) is 11.6. The molecule has 5 nitrogen and oxygen atoms in total. The second kappa shape index (κ2) is 9.67. The highest BCUT2D eigenvalue weighted by atomic mass is 35.5. The summed E-state index contributed by atoms with van der Waals surface area (Å²) in [6.07, 6.45) is 5.67. The summed E-state index contributed by atoms with van der Waals surface area (Å²) < 4.78 is 1.64. The number of benzene rings is 2. The molecule has 1 amide bonds. The van der Waals surface area contributed by atoms with E-state index in [4.69, 9.17) is 11.6 Å². The van der Waals surface area contributed by atoms with E-state index in [9.17, 15) is 9.59 Å². The van der Waals surface area contributed by atoms with Gasteiger partial charge in [-0.15, -0.1) is 0 Å². The Morgan fingerprint density at radius 3 is 2.67 bits per heavy atom. The molecule has 0 bridgehead atoms. The highest BCUT2D eigenvalue weighted by Crippen LogP contribution is 2.22. The van der Waals surface area contributed by atoms with Crippen LogP contribution in [0.3, 0.4) is 0 Å². The summed E-state index contributed by atoms with van der Waals surface area (Å²) in [5.74, 6) is 0.211. The van der Waals surface area contributed by atoms with Gasteiger partial charge in [0.15, 0.2) is 5.16 Å². The molecule has 1 aliphatic carbocycles. The van der Waals surface area contributed by atoms with Crippen LogP contribution in [0, 0.1) is 0 Å². The lowest BCUT2D eigenvalue weighted by Crippen LogP contribution is -2.37. The number of halogens is 1. The third-order valence-corrected chi connectivity index (χ3v) is 6.58. The zero-order valence-electron chi connectivity index (χ0n) is 16.6. The number of carbonyl (C=O) groups excluding carboxylic acids is 1. The van der Waals surface area contributed by atoms with E-state index in [2.05, 4.69) is 10.3 Å². The molecule has 0 radical (unpaired) electrons. The normalized spacial score (nSPS) is 14.7. The predicted octanol–water partition coefficient (Wildman–Crippen LogP) is 4.64. The highest BCUT2D eigenvalue weighted by Gasteiger charge is 2.18. The molecule has 7 heteroatoms. The fourth-order valence-corrected chi connectivity index (χ4v) is 4.81. The third kappa shape index (κ3) is 5.05. The molecule has 3 aromatic rings. The van der Waals surface area contributed by atoms with Crippen LogP contribution in [0.1, 0.15) is 37.7 Å². The summed E-state index contributed by atoms with van der Waals surface area (Å²) in [5, 5.41) is 4.70. The number of hydrogen-bond donors (Lipinski definition) is 1. The average molecular weight is 442 g/mol. The van der Waals surface area contributed by atoms with Crippen molar-refractivity contribution in [1.29, 1.82) is 0 Å². The van der Waals surface area contributed by atoms with Crippen LogP contribution in [0.5, 0.6) is 0 Å². The number of carbonyl (C=O) groups is 1. The Bertz CT molecular complexity index is 1090. The van der Waals surface area contributed by atoms with Crippen molar-refractivity contribution < 1.29 is 4.79 Å². The van der Waals surface area contributed by atoms with Gasteiger partial charge < -0.3 is 5.32 Å². The predicted molar refractivity (Wildman–Crippen MR) is 122 cm³/mol. The quantitative estimate of drug-likeness (QED) is 0.447. The average Bonchev–Trinajstić information content (AvgIpc) is 2.76. The van der Waals surface area contributed by atoms with E-state index < -0.39 is 0 Å². The fraction of sp³-hybridized carbons (Fsp3) is 0.348. The first kappa shape index (κ1) is 20.9. The van der Waals surface area contributed by atoms with E-state index in [-0.39, 0.29) is 23.3 Å². The van der Waals surface area contributed by atoms with Gasteiger partial charge in [-0.3, -0.25) is 14.2 Å². The molecule has 0 unspecified atom stereocenters. The standard InChI is InChI=1S/C23H24ClN3O2S/c24-17-11-12-19-20(13-17)26-23(27(22(19)29)14-16-7-3-1-4-8-16)30-15-21(28)25-18-9-5-2-6-10-18/h1,3-4,7-8,11-13,18H,2,5-6,9-10,14-15H2,(H,25,28). The molecular weight excluding hydrogens is 418 g/mol. The van der Waals surface area contributed by atoms with Crippen LogP contribution in [0.2, 0.25) is 5.02 Å². The molecule has 0 spiro atoms. The number of amides is 1. The molecule has 1 heterocycles. The monoisotopic (exact) mass is 441 g/mol. The molecule has 2 aromatic carbocycles. The van der Waals surface area contributed by atoms with E-state index in [0.29, 0.717) is 27.6 Å². The molecule has 0 atom stereocenters. The maximum Gasteiger partial charge on any atom is 0.262 e. The van der Waals surface area contributed by atoms with Crippen molar-refractivity contribution >= 4 is 40.2 Å².